The Labute approximate surface area is 129 Å². The molecule has 23 heavy (non-hydrogen) atoms. The molecule has 0 atom stereocenters. The van der Waals surface area contributed by atoms with E-state index in [1.807, 2.05) is 0 Å². The largest absolute Gasteiger partial charge is 0.469 e. The van der Waals surface area contributed by atoms with Crippen LogP contribution in [0.3, 0.4) is 0 Å². The zero-order valence-corrected chi connectivity index (χ0v) is 11.8. The van der Waals surface area contributed by atoms with Crippen LogP contribution in [0.5, 0.6) is 0 Å². The van der Waals surface area contributed by atoms with Crippen LogP contribution in [0.1, 0.15) is 27.5 Å². The number of rotatable bonds is 6. The molecule has 8 heteroatoms. The highest BCUT2D eigenvalue weighted by Crippen LogP contribution is 2.15. The van der Waals surface area contributed by atoms with Crippen LogP contribution in [0.15, 0.2) is 41.0 Å². The SMILES string of the molecule is O=C(Cc1coc(Cc2ccc(F)cc2)c1)C(=O)c1nn[nH]n1. The highest BCUT2D eigenvalue weighted by Gasteiger charge is 2.21. The first-order chi connectivity index (χ1) is 11.1. The van der Waals surface area contributed by atoms with E-state index in [1.54, 1.807) is 18.2 Å². The summed E-state index contributed by atoms with van der Waals surface area (Å²) in [6.45, 7) is 0. The van der Waals surface area contributed by atoms with E-state index in [4.69, 9.17) is 4.42 Å². The number of tetrazole rings is 1. The summed E-state index contributed by atoms with van der Waals surface area (Å²) < 4.78 is 18.2. The number of nitrogens with zero attached hydrogens (tertiary/aromatic N) is 3. The molecule has 116 valence electrons. The van der Waals surface area contributed by atoms with Crippen LogP contribution < -0.4 is 0 Å². The van der Waals surface area contributed by atoms with Crippen molar-refractivity contribution in [3.05, 3.63) is 65.1 Å². The number of aromatic nitrogens is 4. The lowest BCUT2D eigenvalue weighted by Gasteiger charge is -1.97. The van der Waals surface area contributed by atoms with Gasteiger partial charge in [0, 0.05) is 12.8 Å². The van der Waals surface area contributed by atoms with Crippen LogP contribution in [0, 0.1) is 5.82 Å². The van der Waals surface area contributed by atoms with Crippen LogP contribution in [-0.4, -0.2) is 32.2 Å². The smallest absolute Gasteiger partial charge is 0.269 e. The predicted molar refractivity (Wildman–Crippen MR) is 75.1 cm³/mol. The number of nitrogens with one attached hydrogen (secondary N) is 1. The molecule has 2 aromatic heterocycles. The molecule has 3 rings (SSSR count). The van der Waals surface area contributed by atoms with Gasteiger partial charge in [0.2, 0.25) is 11.6 Å². The number of H-pyrrole nitrogens is 1. The maximum Gasteiger partial charge on any atom is 0.269 e. The van der Waals surface area contributed by atoms with Crippen molar-refractivity contribution in [1.29, 1.82) is 0 Å². The number of furan rings is 1. The molecule has 2 heterocycles. The van der Waals surface area contributed by atoms with Gasteiger partial charge in [0.25, 0.3) is 5.78 Å². The molecule has 0 aliphatic heterocycles. The van der Waals surface area contributed by atoms with E-state index in [1.165, 1.54) is 18.4 Å². The molecule has 1 N–H and O–H groups in total. The fraction of sp³-hybridized carbons (Fsp3) is 0.133. The van der Waals surface area contributed by atoms with Crippen LogP contribution in [0.25, 0.3) is 0 Å². The van der Waals surface area contributed by atoms with Crippen molar-refractivity contribution in [2.24, 2.45) is 0 Å². The summed E-state index contributed by atoms with van der Waals surface area (Å²) in [7, 11) is 0. The van der Waals surface area contributed by atoms with Crippen molar-refractivity contribution in [1.82, 2.24) is 20.6 Å². The number of carbonyl (C=O) groups excluding carboxylic acids is 2. The Balaban J connectivity index is 1.64. The number of halogens is 1. The number of benzene rings is 1. The fourth-order valence-electron chi connectivity index (χ4n) is 2.06. The van der Waals surface area contributed by atoms with Crippen molar-refractivity contribution >= 4 is 11.6 Å². The Hall–Kier alpha value is -3.16. The molecule has 1 aromatic carbocycles. The Morgan fingerprint density at radius 2 is 1.96 bits per heavy atom. The minimum Gasteiger partial charge on any atom is -0.469 e. The standard InChI is InChI=1S/C15H11FN4O3/c16-11-3-1-9(2-4-11)5-12-6-10(8-23-12)7-13(21)14(22)15-17-19-20-18-15/h1-4,6,8H,5,7H2,(H,17,18,19,20). The molecule has 0 unspecified atom stereocenters. The summed E-state index contributed by atoms with van der Waals surface area (Å²) in [5.41, 5.74) is 1.45. The van der Waals surface area contributed by atoms with Crippen molar-refractivity contribution in [2.45, 2.75) is 12.8 Å². The molecule has 0 saturated carbocycles. The zero-order valence-electron chi connectivity index (χ0n) is 11.8. The first-order valence-corrected chi connectivity index (χ1v) is 6.73. The van der Waals surface area contributed by atoms with E-state index >= 15 is 0 Å². The Morgan fingerprint density at radius 3 is 2.65 bits per heavy atom. The second-order valence-electron chi connectivity index (χ2n) is 4.89. The molecule has 0 aliphatic carbocycles. The molecule has 0 aliphatic rings. The van der Waals surface area contributed by atoms with Crippen LogP contribution in [0.2, 0.25) is 0 Å². The van der Waals surface area contributed by atoms with E-state index in [0.29, 0.717) is 17.7 Å². The van der Waals surface area contributed by atoms with Crippen molar-refractivity contribution in [3.63, 3.8) is 0 Å². The highest BCUT2D eigenvalue weighted by molar-refractivity contribution is 6.43. The molecule has 0 spiro atoms. The summed E-state index contributed by atoms with van der Waals surface area (Å²) in [5, 5.41) is 12.3. The maximum atomic E-state index is 12.9. The van der Waals surface area contributed by atoms with Crippen LogP contribution >= 0.6 is 0 Å². The van der Waals surface area contributed by atoms with Gasteiger partial charge in [0.05, 0.1) is 6.26 Å². The third-order valence-electron chi connectivity index (χ3n) is 3.17. The number of ketones is 2. The maximum absolute atomic E-state index is 12.9. The van der Waals surface area contributed by atoms with Gasteiger partial charge >= 0.3 is 0 Å². The van der Waals surface area contributed by atoms with Gasteiger partial charge in [-0.15, -0.1) is 10.2 Å². The van der Waals surface area contributed by atoms with Crippen LogP contribution in [-0.2, 0) is 17.6 Å². The van der Waals surface area contributed by atoms with Gasteiger partial charge in [0.1, 0.15) is 11.6 Å². The first-order valence-electron chi connectivity index (χ1n) is 6.73. The van der Waals surface area contributed by atoms with Crippen LogP contribution in [0.4, 0.5) is 4.39 Å². The lowest BCUT2D eigenvalue weighted by atomic mass is 10.1. The third-order valence-corrected chi connectivity index (χ3v) is 3.17. The number of hydrogen-bond donors (Lipinski definition) is 1. The quantitative estimate of drug-likeness (QED) is 0.546. The summed E-state index contributed by atoms with van der Waals surface area (Å²) in [4.78, 5) is 23.6. The lowest BCUT2D eigenvalue weighted by molar-refractivity contribution is -0.114. The molecule has 7 nitrogen and oxygen atoms in total. The molecule has 0 bridgehead atoms. The van der Waals surface area contributed by atoms with E-state index in [0.717, 1.165) is 5.56 Å². The van der Waals surface area contributed by atoms with Gasteiger partial charge in [0.15, 0.2) is 0 Å². The number of aromatic amines is 1. The molecular weight excluding hydrogens is 303 g/mol. The van der Waals surface area contributed by atoms with Gasteiger partial charge in [-0.3, -0.25) is 9.59 Å². The average Bonchev–Trinajstić information content (AvgIpc) is 3.21. The zero-order chi connectivity index (χ0) is 16.2. The first kappa shape index (κ1) is 14.8. The highest BCUT2D eigenvalue weighted by atomic mass is 19.1. The summed E-state index contributed by atoms with van der Waals surface area (Å²) in [6, 6.07) is 7.73. The molecular formula is C15H11FN4O3. The average molecular weight is 314 g/mol. The second kappa shape index (κ2) is 6.30. The number of carbonyl (C=O) groups is 2. The Morgan fingerprint density at radius 1 is 1.17 bits per heavy atom. The predicted octanol–water partition coefficient (Wildman–Crippen LogP) is 1.52. The van der Waals surface area contributed by atoms with Crippen molar-refractivity contribution in [2.75, 3.05) is 0 Å². The van der Waals surface area contributed by atoms with Gasteiger partial charge in [-0.1, -0.05) is 12.1 Å². The molecule has 0 amide bonds. The van der Waals surface area contributed by atoms with Gasteiger partial charge in [-0.2, -0.15) is 5.21 Å². The Kier molecular flexibility index (Phi) is 4.05. The molecule has 3 aromatic rings. The van der Waals surface area contributed by atoms with E-state index < -0.39 is 11.6 Å². The monoisotopic (exact) mass is 314 g/mol. The van der Waals surface area contributed by atoms with Gasteiger partial charge < -0.3 is 4.42 Å². The van der Waals surface area contributed by atoms with Crippen molar-refractivity contribution < 1.29 is 18.4 Å². The van der Waals surface area contributed by atoms with E-state index in [9.17, 15) is 14.0 Å². The Bertz CT molecular complexity index is 825. The van der Waals surface area contributed by atoms with E-state index in [-0.39, 0.29) is 18.1 Å². The summed E-state index contributed by atoms with van der Waals surface area (Å²) >= 11 is 0. The van der Waals surface area contributed by atoms with Gasteiger partial charge in [-0.05, 0) is 34.5 Å². The normalized spacial score (nSPS) is 10.7. The van der Waals surface area contributed by atoms with Gasteiger partial charge in [-0.25, -0.2) is 4.39 Å². The summed E-state index contributed by atoms with van der Waals surface area (Å²) in [6.07, 6.45) is 1.77. The summed E-state index contributed by atoms with van der Waals surface area (Å²) in [5.74, 6) is -1.41. The fourth-order valence-corrected chi connectivity index (χ4v) is 2.06. The second-order valence-corrected chi connectivity index (χ2v) is 4.89. The topological polar surface area (TPSA) is 102 Å². The molecule has 0 fully saturated rings. The minimum absolute atomic E-state index is 0.111. The minimum atomic E-state index is -0.806. The van der Waals surface area contributed by atoms with Crippen molar-refractivity contribution in [3.8, 4) is 0 Å². The molecule has 0 saturated heterocycles. The molecule has 0 radical (unpaired) electrons. The lowest BCUT2D eigenvalue weighted by Crippen LogP contribution is -2.18. The number of hydrogen-bond acceptors (Lipinski definition) is 6. The third kappa shape index (κ3) is 3.54. The number of Topliss-reactive ketones (excluding diaryl/α,β-unsaturated/α-hetero) is 2. The van der Waals surface area contributed by atoms with E-state index in [2.05, 4.69) is 20.6 Å².